The maximum absolute atomic E-state index is 12.0. The molecule has 2 heterocycles. The molecule has 4 atom stereocenters. The second-order valence-corrected chi connectivity index (χ2v) is 6.01. The van der Waals surface area contributed by atoms with Gasteiger partial charge in [-0.15, -0.1) is 0 Å². The van der Waals surface area contributed by atoms with Crippen LogP contribution >= 0.6 is 0 Å². The fourth-order valence-electron chi connectivity index (χ4n) is 2.75. The van der Waals surface area contributed by atoms with E-state index in [1.165, 1.54) is 12.3 Å². The molecule has 0 amide bonds. The zero-order valence-electron chi connectivity index (χ0n) is 14.1. The Morgan fingerprint density at radius 1 is 1.22 bits per heavy atom. The molecular weight excluding hydrogens is 358 g/mol. The highest BCUT2D eigenvalue weighted by molar-refractivity contribution is 5.72. The molecule has 144 valence electrons. The fraction of sp³-hybridized carbons (Fsp3) is 0.353. The summed E-state index contributed by atoms with van der Waals surface area (Å²) in [4.78, 5) is 27.4. The van der Waals surface area contributed by atoms with Crippen molar-refractivity contribution in [1.82, 2.24) is 9.55 Å². The molecule has 27 heavy (non-hydrogen) atoms. The average Bonchev–Trinajstić information content (AvgIpc) is 2.95. The van der Waals surface area contributed by atoms with Gasteiger partial charge in [0.2, 0.25) is 0 Å². The van der Waals surface area contributed by atoms with Crippen LogP contribution in [0, 0.1) is 0 Å². The zero-order chi connectivity index (χ0) is 19.4. The van der Waals surface area contributed by atoms with Crippen LogP contribution in [0.2, 0.25) is 0 Å². The Bertz CT molecular complexity index is 842. The number of aliphatic hydroxyl groups excluding tert-OH is 2. The molecule has 1 aliphatic heterocycles. The molecule has 3 rings (SSSR count). The number of hydrogen-bond acceptors (Lipinski definition) is 9. The van der Waals surface area contributed by atoms with Crippen molar-refractivity contribution in [2.75, 3.05) is 12.1 Å². The molecule has 1 aromatic heterocycles. The minimum atomic E-state index is -1.42. The van der Waals surface area contributed by atoms with E-state index in [1.54, 1.807) is 29.7 Å². The molecule has 0 unspecified atom stereocenters. The number of nitrogens with one attached hydrogen (secondary N) is 1. The first kappa shape index (κ1) is 19.0. The standard InChI is InChI=1S/C17H19N3O7/c21-13(8-10-4-2-1-3-5-10)26-9-11-14(22)15(23)16(27-11)20-7-6-12(19-25)18-17(20)24/h1-7,11,14-16,22-23,25H,8-9H2,(H,18,19,24)/t11-,14-,15-,16-/m1/s1. The summed E-state index contributed by atoms with van der Waals surface area (Å²) in [6.45, 7) is -0.279. The van der Waals surface area contributed by atoms with Gasteiger partial charge in [-0.1, -0.05) is 30.3 Å². The van der Waals surface area contributed by atoms with Crippen molar-refractivity contribution >= 4 is 11.8 Å². The number of carbonyl (C=O) groups excluding carboxylic acids is 1. The molecule has 1 aromatic carbocycles. The number of hydrogen-bond donors (Lipinski definition) is 4. The molecule has 4 N–H and O–H groups in total. The van der Waals surface area contributed by atoms with Crippen LogP contribution in [-0.2, 0) is 20.7 Å². The van der Waals surface area contributed by atoms with E-state index in [1.807, 2.05) is 6.07 Å². The summed E-state index contributed by atoms with van der Waals surface area (Å²) in [6, 6.07) is 10.3. The highest BCUT2D eigenvalue weighted by Crippen LogP contribution is 2.28. The third kappa shape index (κ3) is 4.31. The lowest BCUT2D eigenvalue weighted by molar-refractivity contribution is -0.149. The van der Waals surface area contributed by atoms with Crippen LogP contribution < -0.4 is 11.2 Å². The number of ether oxygens (including phenoxy) is 2. The van der Waals surface area contributed by atoms with Crippen LogP contribution in [0.5, 0.6) is 0 Å². The van der Waals surface area contributed by atoms with Crippen LogP contribution in [0.3, 0.4) is 0 Å². The van der Waals surface area contributed by atoms with Crippen LogP contribution in [-0.4, -0.2) is 55.9 Å². The van der Waals surface area contributed by atoms with Gasteiger partial charge in [-0.25, -0.2) is 4.79 Å². The molecular formula is C17H19N3O7. The highest BCUT2D eigenvalue weighted by atomic mass is 16.6. The maximum Gasteiger partial charge on any atom is 0.351 e. The summed E-state index contributed by atoms with van der Waals surface area (Å²) < 4.78 is 11.6. The van der Waals surface area contributed by atoms with E-state index in [4.69, 9.17) is 14.7 Å². The number of aliphatic hydroxyl groups is 2. The van der Waals surface area contributed by atoms with Crippen molar-refractivity contribution in [2.24, 2.45) is 0 Å². The summed E-state index contributed by atoms with van der Waals surface area (Å²) in [5.74, 6) is -0.581. The van der Waals surface area contributed by atoms with Crippen LogP contribution in [0.15, 0.2) is 47.4 Å². The predicted octanol–water partition coefficient (Wildman–Crippen LogP) is -0.551. The molecule has 1 fully saturated rings. The highest BCUT2D eigenvalue weighted by Gasteiger charge is 2.44. The van der Waals surface area contributed by atoms with E-state index in [0.29, 0.717) is 0 Å². The van der Waals surface area contributed by atoms with Crippen molar-refractivity contribution in [3.05, 3.63) is 58.6 Å². The Morgan fingerprint density at radius 3 is 2.63 bits per heavy atom. The molecule has 10 nitrogen and oxygen atoms in total. The summed E-state index contributed by atoms with van der Waals surface area (Å²) in [6.07, 6.45) is -3.68. The smallest absolute Gasteiger partial charge is 0.351 e. The van der Waals surface area contributed by atoms with Gasteiger partial charge in [-0.2, -0.15) is 4.98 Å². The molecule has 0 spiro atoms. The second kappa shape index (κ2) is 8.27. The van der Waals surface area contributed by atoms with Gasteiger partial charge in [0.25, 0.3) is 0 Å². The number of benzene rings is 1. The number of carbonyl (C=O) groups is 1. The zero-order valence-corrected chi connectivity index (χ0v) is 14.1. The summed E-state index contributed by atoms with van der Waals surface area (Å²) in [5.41, 5.74) is 1.71. The lowest BCUT2D eigenvalue weighted by Gasteiger charge is -2.17. The minimum absolute atomic E-state index is 0.0641. The molecule has 0 saturated carbocycles. The van der Waals surface area contributed by atoms with E-state index >= 15 is 0 Å². The molecule has 10 heteroatoms. The van der Waals surface area contributed by atoms with Crippen LogP contribution in [0.4, 0.5) is 5.82 Å². The normalized spacial score (nSPS) is 24.6. The largest absolute Gasteiger partial charge is 0.463 e. The summed E-state index contributed by atoms with van der Waals surface area (Å²) >= 11 is 0. The van der Waals surface area contributed by atoms with E-state index in [0.717, 1.165) is 10.1 Å². The van der Waals surface area contributed by atoms with Gasteiger partial charge in [0.1, 0.15) is 24.9 Å². The molecule has 1 aliphatic rings. The van der Waals surface area contributed by atoms with Crippen molar-refractivity contribution < 1.29 is 29.7 Å². The molecule has 2 aromatic rings. The van der Waals surface area contributed by atoms with E-state index in [-0.39, 0.29) is 18.8 Å². The van der Waals surface area contributed by atoms with Gasteiger partial charge in [-0.3, -0.25) is 20.0 Å². The third-order valence-corrected chi connectivity index (χ3v) is 4.16. The van der Waals surface area contributed by atoms with E-state index in [9.17, 15) is 19.8 Å². The first-order chi connectivity index (χ1) is 13.0. The van der Waals surface area contributed by atoms with Crippen molar-refractivity contribution in [3.8, 4) is 0 Å². The Hall–Kier alpha value is -2.79. The minimum Gasteiger partial charge on any atom is -0.463 e. The number of rotatable bonds is 6. The summed E-state index contributed by atoms with van der Waals surface area (Å²) in [7, 11) is 0. The maximum atomic E-state index is 12.0. The molecule has 0 radical (unpaired) electrons. The fourth-order valence-corrected chi connectivity index (χ4v) is 2.75. The molecule has 0 bridgehead atoms. The number of anilines is 1. The number of nitrogens with zero attached hydrogens (tertiary/aromatic N) is 2. The van der Waals surface area contributed by atoms with Crippen LogP contribution in [0.1, 0.15) is 11.8 Å². The lowest BCUT2D eigenvalue weighted by Crippen LogP contribution is -2.36. The topological polar surface area (TPSA) is 143 Å². The molecule has 1 saturated heterocycles. The SMILES string of the molecule is O=C(Cc1ccccc1)OC[C@H]1O[C@@H](n2ccc(NO)nc2=O)[C@H](O)[C@@H]1O. The number of esters is 1. The van der Waals surface area contributed by atoms with Crippen molar-refractivity contribution in [2.45, 2.75) is 31.0 Å². The van der Waals surface area contributed by atoms with E-state index < -0.39 is 36.2 Å². The van der Waals surface area contributed by atoms with Crippen molar-refractivity contribution in [1.29, 1.82) is 0 Å². The van der Waals surface area contributed by atoms with Gasteiger partial charge in [0.05, 0.1) is 6.42 Å². The Morgan fingerprint density at radius 2 is 1.96 bits per heavy atom. The van der Waals surface area contributed by atoms with Gasteiger partial charge in [0.15, 0.2) is 12.0 Å². The first-order valence-electron chi connectivity index (χ1n) is 8.20. The predicted molar refractivity (Wildman–Crippen MR) is 90.9 cm³/mol. The Kier molecular flexibility index (Phi) is 5.81. The first-order valence-corrected chi connectivity index (χ1v) is 8.20. The third-order valence-electron chi connectivity index (χ3n) is 4.16. The summed E-state index contributed by atoms with van der Waals surface area (Å²) in [5, 5.41) is 29.0. The van der Waals surface area contributed by atoms with E-state index in [2.05, 4.69) is 4.98 Å². The van der Waals surface area contributed by atoms with Crippen LogP contribution in [0.25, 0.3) is 0 Å². The quantitative estimate of drug-likeness (QED) is 0.385. The van der Waals surface area contributed by atoms with Gasteiger partial charge in [0, 0.05) is 6.20 Å². The molecule has 0 aliphatic carbocycles. The average molecular weight is 377 g/mol. The lowest BCUT2D eigenvalue weighted by atomic mass is 10.1. The Labute approximate surface area is 153 Å². The Balaban J connectivity index is 1.61. The van der Waals surface area contributed by atoms with Crippen molar-refractivity contribution in [3.63, 3.8) is 0 Å². The van der Waals surface area contributed by atoms with Gasteiger partial charge < -0.3 is 19.7 Å². The van der Waals surface area contributed by atoms with Gasteiger partial charge in [-0.05, 0) is 11.6 Å². The number of aromatic nitrogens is 2. The second-order valence-electron chi connectivity index (χ2n) is 6.01. The monoisotopic (exact) mass is 377 g/mol. The van der Waals surface area contributed by atoms with Gasteiger partial charge >= 0.3 is 11.7 Å².